The quantitative estimate of drug-likeness (QED) is 0.237. The number of hydrogen-bond donors (Lipinski definition) is 1. The zero-order valence-electron chi connectivity index (χ0n) is 24.4. The highest BCUT2D eigenvalue weighted by atomic mass is 19.1. The van der Waals surface area contributed by atoms with Crippen molar-refractivity contribution in [1.82, 2.24) is 5.06 Å². The lowest BCUT2D eigenvalue weighted by molar-refractivity contribution is -0.804. The number of allylic oxidation sites excluding steroid dienone is 4. The molecule has 1 heterocycles. The first-order valence-corrected chi connectivity index (χ1v) is 14.0. The summed E-state index contributed by atoms with van der Waals surface area (Å²) in [7, 11) is 0. The van der Waals surface area contributed by atoms with Crippen molar-refractivity contribution in [2.24, 2.45) is 28.6 Å². The van der Waals surface area contributed by atoms with E-state index in [0.29, 0.717) is 10.6 Å². The predicted octanol–water partition coefficient (Wildman–Crippen LogP) is 3.17. The number of ketones is 1. The molecule has 4 aliphatic carbocycles. The van der Waals surface area contributed by atoms with Crippen LogP contribution >= 0.6 is 0 Å². The summed E-state index contributed by atoms with van der Waals surface area (Å²) in [6.45, 7) is 6.44. The van der Waals surface area contributed by atoms with Gasteiger partial charge in [0.2, 0.25) is 0 Å². The minimum absolute atomic E-state index is 0.0230. The number of alkyl halides is 1. The summed E-state index contributed by atoms with van der Waals surface area (Å²) in [5.41, 5.74) is -11.0. The maximum atomic E-state index is 18.1. The van der Waals surface area contributed by atoms with Gasteiger partial charge in [0.05, 0.1) is 12.1 Å². The summed E-state index contributed by atoms with van der Waals surface area (Å²) >= 11 is 0. The summed E-state index contributed by atoms with van der Waals surface area (Å²) < 4.78 is 24.1. The van der Waals surface area contributed by atoms with Crippen LogP contribution in [0.2, 0.25) is 0 Å². The van der Waals surface area contributed by atoms with E-state index in [-0.39, 0.29) is 31.7 Å². The molecule has 1 N–H and O–H groups in total. The fourth-order valence-corrected chi connectivity index (χ4v) is 9.36. The van der Waals surface area contributed by atoms with Gasteiger partial charge in [0, 0.05) is 23.2 Å². The average Bonchev–Trinajstić information content (AvgIpc) is 3.26. The van der Waals surface area contributed by atoms with Crippen molar-refractivity contribution in [3.8, 4) is 0 Å². The molecule has 16 nitrogen and oxygen atoms in total. The molecule has 3 fully saturated rings. The van der Waals surface area contributed by atoms with Crippen molar-refractivity contribution in [2.45, 2.75) is 88.9 Å². The third-order valence-electron chi connectivity index (χ3n) is 11.1. The van der Waals surface area contributed by atoms with Gasteiger partial charge in [-0.15, -0.1) is 35.4 Å². The van der Waals surface area contributed by atoms with Crippen molar-refractivity contribution >= 4 is 5.78 Å². The van der Waals surface area contributed by atoms with Crippen molar-refractivity contribution < 1.29 is 48.9 Å². The Kier molecular flexibility index (Phi) is 6.87. The molecular weight excluding hydrogens is 579 g/mol. The van der Waals surface area contributed by atoms with Crippen LogP contribution in [0.1, 0.15) is 60.3 Å². The molecule has 238 valence electrons. The number of hydrogen-bond acceptors (Lipinski definition) is 13. The van der Waals surface area contributed by atoms with Crippen LogP contribution in [0, 0.1) is 58.9 Å². The van der Waals surface area contributed by atoms with Crippen molar-refractivity contribution in [3.63, 3.8) is 0 Å². The molecule has 3 unspecified atom stereocenters. The number of hydroxylamine groups is 2. The highest BCUT2D eigenvalue weighted by Gasteiger charge is 2.83. The Morgan fingerprint density at radius 1 is 1.12 bits per heavy atom. The number of carbonyl (C=O) groups is 1. The van der Waals surface area contributed by atoms with E-state index in [1.165, 1.54) is 32.9 Å². The Morgan fingerprint density at radius 3 is 2.35 bits per heavy atom. The van der Waals surface area contributed by atoms with Crippen molar-refractivity contribution in [1.29, 1.82) is 0 Å². The summed E-state index contributed by atoms with van der Waals surface area (Å²) in [5.74, 6) is -3.03. The molecule has 43 heavy (non-hydrogen) atoms. The molecule has 5 aliphatic rings. The fraction of sp³-hybridized carbons (Fsp3) is 0.808. The molecule has 1 aliphatic heterocycles. The number of rotatable bonds is 8. The lowest BCUT2D eigenvalue weighted by atomic mass is 9.44. The average molecular weight is 615 g/mol. The summed E-state index contributed by atoms with van der Waals surface area (Å²) in [5, 5.41) is 44.4. The van der Waals surface area contributed by atoms with Crippen LogP contribution < -0.4 is 0 Å². The van der Waals surface area contributed by atoms with E-state index in [9.17, 15) is 40.3 Å². The molecule has 1 saturated heterocycles. The molecule has 5 rings (SSSR count). The van der Waals surface area contributed by atoms with Crippen molar-refractivity contribution in [3.05, 3.63) is 54.1 Å². The fourth-order valence-electron chi connectivity index (χ4n) is 9.36. The first-order chi connectivity index (χ1) is 19.8. The van der Waals surface area contributed by atoms with E-state index in [1.807, 2.05) is 0 Å². The van der Waals surface area contributed by atoms with Crippen LogP contribution in [0.25, 0.3) is 0 Å². The van der Waals surface area contributed by atoms with E-state index in [1.54, 1.807) is 19.9 Å². The number of carbonyl (C=O) groups excluding carboxylic acids is 1. The third-order valence-corrected chi connectivity index (χ3v) is 11.1. The summed E-state index contributed by atoms with van der Waals surface area (Å²) in [4.78, 5) is 63.2. The van der Waals surface area contributed by atoms with Crippen LogP contribution in [0.4, 0.5) is 4.39 Å². The van der Waals surface area contributed by atoms with E-state index >= 15 is 4.39 Å². The van der Waals surface area contributed by atoms with Crippen LogP contribution in [0.15, 0.2) is 23.8 Å². The highest BCUT2D eigenvalue weighted by Crippen LogP contribution is 2.74. The van der Waals surface area contributed by atoms with E-state index < -0.39 is 85.5 Å². The van der Waals surface area contributed by atoms with Gasteiger partial charge >= 0.3 is 0 Å². The number of halogens is 1. The van der Waals surface area contributed by atoms with Gasteiger partial charge in [0.25, 0.3) is 15.3 Å². The minimum Gasteiger partial charge on any atom is -0.352 e. The first-order valence-electron chi connectivity index (χ1n) is 14.0. The summed E-state index contributed by atoms with van der Waals surface area (Å²) in [6.07, 6.45) is 2.03. The third kappa shape index (κ3) is 3.86. The number of nitrogens with zero attached hydrogens (tertiary/aromatic N) is 4. The lowest BCUT2D eigenvalue weighted by Crippen LogP contribution is -2.77. The summed E-state index contributed by atoms with van der Waals surface area (Å²) in [6, 6.07) is 0. The molecule has 2 saturated carbocycles. The molecular formula is C26H35FN4O12. The molecule has 0 bridgehead atoms. The lowest BCUT2D eigenvalue weighted by Gasteiger charge is -2.64. The molecule has 0 amide bonds. The Labute approximate surface area is 245 Å². The standard InChI is InChI=1S/C26H35FN4O12/c1-15-10-19-18-7-6-16-11-17(32)8-9-22(16,4)25(18,27)20(42-30(36)37)12-23(19,5)26(15,43-31(38)39)24(14-41-29(34)35)28(33)21(2,3)13-40-24/h6,8-9,15,18-20,33H,7,10-14H2,1-5H3/t15-,18?,19?,20-,22-,23-,24?,25-,26+/m0/s1. The van der Waals surface area contributed by atoms with Gasteiger partial charge in [-0.05, 0) is 57.9 Å². The first kappa shape index (κ1) is 31.0. The maximum Gasteiger partial charge on any atom is 0.295 e. The van der Waals surface area contributed by atoms with Crippen LogP contribution in [-0.4, -0.2) is 73.2 Å². The van der Waals surface area contributed by atoms with E-state index in [2.05, 4.69) is 0 Å². The molecule has 0 radical (unpaired) electrons. The topological polar surface area (TPSA) is 207 Å². The normalized spacial score (nSPS) is 44.9. The molecule has 17 heteroatoms. The van der Waals surface area contributed by atoms with Gasteiger partial charge in [-0.3, -0.25) is 4.79 Å². The SMILES string of the molecule is C[C@H]1CC2C3CC=C4CC(=O)C=C[C@]4(C)[C@@]3(F)[C@@H](O[N+](=O)[O-])C[C@]2(C)[C@@]1(O[N+](=O)[O-])C1(CO[N+](=O)[O-])OCC(C)(C)N1O. The zero-order chi connectivity index (χ0) is 32.0. The Balaban J connectivity index is 1.76. The maximum absolute atomic E-state index is 18.1. The van der Waals surface area contributed by atoms with Gasteiger partial charge < -0.3 is 24.5 Å². The van der Waals surface area contributed by atoms with Crippen LogP contribution in [0.5, 0.6) is 0 Å². The minimum atomic E-state index is -2.45. The molecule has 0 aromatic rings. The Hall–Kier alpha value is -3.44. The molecule has 0 spiro atoms. The van der Waals surface area contributed by atoms with Crippen LogP contribution in [0.3, 0.4) is 0 Å². The van der Waals surface area contributed by atoms with Gasteiger partial charge in [-0.1, -0.05) is 31.6 Å². The van der Waals surface area contributed by atoms with Crippen LogP contribution in [-0.2, 0) is 24.0 Å². The van der Waals surface area contributed by atoms with Gasteiger partial charge in [-0.25, -0.2) is 4.39 Å². The number of fused-ring (bicyclic) bond motifs is 5. The molecule has 0 aromatic heterocycles. The Bertz CT molecular complexity index is 1330. The Morgan fingerprint density at radius 2 is 1.79 bits per heavy atom. The second-order valence-electron chi connectivity index (χ2n) is 13.4. The second kappa shape index (κ2) is 9.53. The van der Waals surface area contributed by atoms with Gasteiger partial charge in [0.1, 0.15) is 12.7 Å². The molecule has 0 aromatic carbocycles. The smallest absolute Gasteiger partial charge is 0.295 e. The highest BCUT2D eigenvalue weighted by molar-refractivity contribution is 5.93. The van der Waals surface area contributed by atoms with E-state index in [0.717, 1.165) is 0 Å². The predicted molar refractivity (Wildman–Crippen MR) is 139 cm³/mol. The van der Waals surface area contributed by atoms with Gasteiger partial charge in [-0.2, -0.15) is 0 Å². The largest absolute Gasteiger partial charge is 0.352 e. The zero-order valence-corrected chi connectivity index (χ0v) is 24.4. The van der Waals surface area contributed by atoms with E-state index in [4.69, 9.17) is 19.2 Å². The van der Waals surface area contributed by atoms with Gasteiger partial charge in [0.15, 0.2) is 22.8 Å². The second-order valence-corrected chi connectivity index (χ2v) is 13.4. The monoisotopic (exact) mass is 614 g/mol. The van der Waals surface area contributed by atoms with Crippen molar-refractivity contribution in [2.75, 3.05) is 13.2 Å². The molecule has 9 atom stereocenters. The number of ether oxygens (including phenoxy) is 1.